The fourth-order valence-electron chi connectivity index (χ4n) is 0.904. The summed E-state index contributed by atoms with van der Waals surface area (Å²) in [5.74, 6) is 0.645. The second-order valence-electron chi connectivity index (χ2n) is 2.55. The lowest BCUT2D eigenvalue weighted by atomic mass is 10.3. The minimum Gasteiger partial charge on any atom is -0.384 e. The molecule has 72 valence electrons. The van der Waals surface area contributed by atoms with Crippen LogP contribution in [0.15, 0.2) is 18.2 Å². The van der Waals surface area contributed by atoms with Crippen LogP contribution in [0.4, 0.5) is 10.1 Å². The van der Waals surface area contributed by atoms with Gasteiger partial charge in [-0.25, -0.2) is 4.39 Å². The third-order valence-electron chi connectivity index (χ3n) is 1.55. The van der Waals surface area contributed by atoms with Gasteiger partial charge >= 0.3 is 0 Å². The molecule has 1 aromatic carbocycles. The van der Waals surface area contributed by atoms with Crippen LogP contribution >= 0.6 is 23.4 Å². The Morgan fingerprint density at radius 3 is 2.92 bits per heavy atom. The van der Waals surface area contributed by atoms with Gasteiger partial charge in [-0.15, -0.1) is 0 Å². The van der Waals surface area contributed by atoms with Crippen molar-refractivity contribution in [1.29, 1.82) is 0 Å². The van der Waals surface area contributed by atoms with E-state index in [9.17, 15) is 4.39 Å². The molecule has 0 aliphatic carbocycles. The molecule has 0 saturated carbocycles. The van der Waals surface area contributed by atoms with Crippen LogP contribution < -0.4 is 5.32 Å². The van der Waals surface area contributed by atoms with Gasteiger partial charge in [0, 0.05) is 18.0 Å². The summed E-state index contributed by atoms with van der Waals surface area (Å²) in [6.07, 6.45) is 2.04. The van der Waals surface area contributed by atoms with Crippen molar-refractivity contribution in [3.8, 4) is 0 Å². The first-order valence-electron chi connectivity index (χ1n) is 3.92. The molecule has 0 aromatic heterocycles. The first-order valence-corrected chi connectivity index (χ1v) is 5.69. The molecular weight excluding hydrogens is 209 g/mol. The molecule has 1 rings (SSSR count). The monoisotopic (exact) mass is 219 g/mol. The Morgan fingerprint density at radius 2 is 2.31 bits per heavy atom. The van der Waals surface area contributed by atoms with Gasteiger partial charge < -0.3 is 5.32 Å². The topological polar surface area (TPSA) is 12.0 Å². The predicted molar refractivity (Wildman–Crippen MR) is 58.3 cm³/mol. The first-order chi connectivity index (χ1) is 6.24. The van der Waals surface area contributed by atoms with E-state index < -0.39 is 0 Å². The summed E-state index contributed by atoms with van der Waals surface area (Å²) < 4.78 is 12.7. The van der Waals surface area contributed by atoms with Gasteiger partial charge in [-0.2, -0.15) is 11.8 Å². The lowest BCUT2D eigenvalue weighted by molar-refractivity contribution is 0.628. The maximum Gasteiger partial charge on any atom is 0.141 e. The van der Waals surface area contributed by atoms with E-state index in [4.69, 9.17) is 11.6 Å². The second kappa shape index (κ2) is 5.35. The quantitative estimate of drug-likeness (QED) is 0.781. The fourth-order valence-corrected chi connectivity index (χ4v) is 1.39. The van der Waals surface area contributed by atoms with Crippen molar-refractivity contribution in [1.82, 2.24) is 0 Å². The number of hydrogen-bond acceptors (Lipinski definition) is 2. The zero-order chi connectivity index (χ0) is 9.68. The van der Waals surface area contributed by atoms with Gasteiger partial charge in [0.2, 0.25) is 0 Å². The first kappa shape index (κ1) is 10.7. The van der Waals surface area contributed by atoms with Crippen LogP contribution in [-0.2, 0) is 0 Å². The van der Waals surface area contributed by atoms with Gasteiger partial charge in [-0.3, -0.25) is 0 Å². The van der Waals surface area contributed by atoms with E-state index >= 15 is 0 Å². The molecule has 0 spiro atoms. The Hall–Kier alpha value is -0.410. The molecule has 4 heteroatoms. The molecule has 1 aromatic rings. The van der Waals surface area contributed by atoms with Gasteiger partial charge in [0.25, 0.3) is 0 Å². The maximum absolute atomic E-state index is 12.7. The number of rotatable bonds is 4. The van der Waals surface area contributed by atoms with Gasteiger partial charge in [0.15, 0.2) is 0 Å². The number of benzene rings is 1. The molecule has 0 atom stereocenters. The highest BCUT2D eigenvalue weighted by Gasteiger charge is 1.99. The zero-order valence-electron chi connectivity index (χ0n) is 7.31. The molecule has 0 aliphatic heterocycles. The molecule has 0 saturated heterocycles. The van der Waals surface area contributed by atoms with Crippen LogP contribution in [-0.4, -0.2) is 18.6 Å². The van der Waals surface area contributed by atoms with Crippen LogP contribution in [0.3, 0.4) is 0 Å². The van der Waals surface area contributed by atoms with Crippen LogP contribution in [0, 0.1) is 5.82 Å². The smallest absolute Gasteiger partial charge is 0.141 e. The molecule has 1 N–H and O–H groups in total. The third kappa shape index (κ3) is 3.44. The summed E-state index contributed by atoms with van der Waals surface area (Å²) in [5, 5.41) is 3.30. The maximum atomic E-state index is 12.7. The molecule has 0 radical (unpaired) electrons. The summed E-state index contributed by atoms with van der Waals surface area (Å²) in [6.45, 7) is 0.864. The highest BCUT2D eigenvalue weighted by atomic mass is 35.5. The molecular formula is C9H11ClFNS. The zero-order valence-corrected chi connectivity index (χ0v) is 8.88. The van der Waals surface area contributed by atoms with E-state index in [0.29, 0.717) is 0 Å². The number of hydrogen-bond donors (Lipinski definition) is 1. The molecule has 0 aliphatic rings. The summed E-state index contributed by atoms with van der Waals surface area (Å²) >= 11 is 7.37. The van der Waals surface area contributed by atoms with Crippen LogP contribution in [0.5, 0.6) is 0 Å². The molecule has 0 heterocycles. The van der Waals surface area contributed by atoms with Crippen molar-refractivity contribution in [2.24, 2.45) is 0 Å². The van der Waals surface area contributed by atoms with Crippen LogP contribution in [0.1, 0.15) is 0 Å². The van der Waals surface area contributed by atoms with Crippen molar-refractivity contribution < 1.29 is 4.39 Å². The van der Waals surface area contributed by atoms with Gasteiger partial charge in [-0.1, -0.05) is 11.6 Å². The van der Waals surface area contributed by atoms with E-state index in [1.807, 2.05) is 6.26 Å². The molecule has 13 heavy (non-hydrogen) atoms. The molecule has 1 nitrogen and oxygen atoms in total. The minimum absolute atomic E-state index is 0.161. The summed E-state index contributed by atoms with van der Waals surface area (Å²) in [5.41, 5.74) is 0.862. The Morgan fingerprint density at radius 1 is 1.54 bits per heavy atom. The average molecular weight is 220 g/mol. The minimum atomic E-state index is -0.378. The Kier molecular flexibility index (Phi) is 4.39. The highest BCUT2D eigenvalue weighted by Crippen LogP contribution is 2.19. The normalized spacial score (nSPS) is 10.1. The summed E-state index contributed by atoms with van der Waals surface area (Å²) in [6, 6.07) is 4.64. The Labute approximate surface area is 86.7 Å². The van der Waals surface area contributed by atoms with Crippen molar-refractivity contribution in [3.63, 3.8) is 0 Å². The van der Waals surface area contributed by atoms with Gasteiger partial charge in [0.05, 0.1) is 5.02 Å². The van der Waals surface area contributed by atoms with E-state index in [-0.39, 0.29) is 10.8 Å². The fraction of sp³-hybridized carbons (Fsp3) is 0.333. The Balaban J connectivity index is 2.53. The molecule has 0 fully saturated rings. The number of thioether (sulfide) groups is 1. The number of halogens is 2. The average Bonchev–Trinajstić information content (AvgIpc) is 2.12. The molecule has 0 amide bonds. The lowest BCUT2D eigenvalue weighted by Crippen LogP contribution is -2.03. The largest absolute Gasteiger partial charge is 0.384 e. The van der Waals surface area contributed by atoms with Gasteiger partial charge in [0.1, 0.15) is 5.82 Å². The number of anilines is 1. The van der Waals surface area contributed by atoms with E-state index in [0.717, 1.165) is 18.0 Å². The van der Waals surface area contributed by atoms with Crippen molar-refractivity contribution in [3.05, 3.63) is 29.0 Å². The van der Waals surface area contributed by atoms with Crippen LogP contribution in [0.25, 0.3) is 0 Å². The second-order valence-corrected chi connectivity index (χ2v) is 3.94. The van der Waals surface area contributed by atoms with Gasteiger partial charge in [-0.05, 0) is 24.5 Å². The summed E-state index contributed by atoms with van der Waals surface area (Å²) in [4.78, 5) is 0. The lowest BCUT2D eigenvalue weighted by Gasteiger charge is -2.05. The number of nitrogens with one attached hydrogen (secondary N) is 1. The van der Waals surface area contributed by atoms with Crippen molar-refractivity contribution in [2.45, 2.75) is 0 Å². The van der Waals surface area contributed by atoms with Crippen LogP contribution in [0.2, 0.25) is 5.02 Å². The predicted octanol–water partition coefficient (Wildman–Crippen LogP) is 3.25. The highest BCUT2D eigenvalue weighted by molar-refractivity contribution is 7.98. The van der Waals surface area contributed by atoms with E-state index in [2.05, 4.69) is 5.32 Å². The molecule has 0 unspecified atom stereocenters. The van der Waals surface area contributed by atoms with Crippen molar-refractivity contribution >= 4 is 29.1 Å². The summed E-state index contributed by atoms with van der Waals surface area (Å²) in [7, 11) is 0. The van der Waals surface area contributed by atoms with E-state index in [1.54, 1.807) is 23.9 Å². The third-order valence-corrected chi connectivity index (χ3v) is 2.46. The van der Waals surface area contributed by atoms with Crippen molar-refractivity contribution in [2.75, 3.05) is 23.9 Å². The standard InChI is InChI=1S/C9H11ClFNS/c1-13-5-4-12-7-2-3-9(11)8(10)6-7/h2-3,6,12H,4-5H2,1H3. The van der Waals surface area contributed by atoms with E-state index in [1.165, 1.54) is 6.07 Å². The Bertz CT molecular complexity index is 280. The SMILES string of the molecule is CSCCNc1ccc(F)c(Cl)c1. The molecule has 0 bridgehead atoms.